The molecule has 1 aromatic heterocycles. The molecule has 0 aliphatic rings. The molecule has 0 aliphatic carbocycles. The molecule has 0 aromatic carbocycles. The van der Waals surface area contributed by atoms with Crippen molar-refractivity contribution in [1.29, 1.82) is 0 Å². The number of aromatic nitrogens is 3. The second-order valence-corrected chi connectivity index (χ2v) is 4.07. The van der Waals surface area contributed by atoms with Crippen LogP contribution in [0.15, 0.2) is 19.0 Å². The van der Waals surface area contributed by atoms with Crippen LogP contribution in [0.4, 0.5) is 0 Å². The van der Waals surface area contributed by atoms with E-state index in [1.165, 1.54) is 6.33 Å². The van der Waals surface area contributed by atoms with Gasteiger partial charge in [0.05, 0.1) is 13.1 Å². The molecule has 1 aromatic rings. The van der Waals surface area contributed by atoms with Crippen LogP contribution in [0.2, 0.25) is 0 Å². The summed E-state index contributed by atoms with van der Waals surface area (Å²) < 4.78 is 1.79. The molecule has 0 aliphatic heterocycles. The summed E-state index contributed by atoms with van der Waals surface area (Å²) in [5, 5.41) is 12.9. The lowest BCUT2D eigenvalue weighted by Gasteiger charge is -2.18. The highest BCUT2D eigenvalue weighted by Gasteiger charge is 2.14. The number of hydrogen-bond acceptors (Lipinski definition) is 4. The largest absolute Gasteiger partial charge is 0.480 e. The minimum absolute atomic E-state index is 0.0308. The average Bonchev–Trinajstić information content (AvgIpc) is 2.65. The van der Waals surface area contributed by atoms with Crippen molar-refractivity contribution >= 4 is 5.97 Å². The van der Waals surface area contributed by atoms with Gasteiger partial charge in [0.15, 0.2) is 0 Å². The summed E-state index contributed by atoms with van der Waals surface area (Å²) in [6.07, 6.45) is 3.17. The molecule has 1 N–H and O–H groups in total. The summed E-state index contributed by atoms with van der Waals surface area (Å²) in [5.41, 5.74) is 0. The van der Waals surface area contributed by atoms with Crippen LogP contribution in [0.1, 0.15) is 25.7 Å². The van der Waals surface area contributed by atoms with Gasteiger partial charge >= 0.3 is 5.97 Å². The normalized spacial score (nSPS) is 11.1. The molecule has 17 heavy (non-hydrogen) atoms. The molecule has 0 radical (unpaired) electrons. The first-order chi connectivity index (χ1) is 8.04. The van der Waals surface area contributed by atoms with Gasteiger partial charge in [-0.05, 0) is 13.8 Å². The van der Waals surface area contributed by atoms with E-state index in [0.29, 0.717) is 13.1 Å². The lowest BCUT2D eigenvalue weighted by Crippen LogP contribution is -2.31. The fraction of sp³-hybridized carbons (Fsp3) is 0.545. The van der Waals surface area contributed by atoms with E-state index in [1.54, 1.807) is 15.7 Å². The van der Waals surface area contributed by atoms with Crippen molar-refractivity contribution in [1.82, 2.24) is 19.7 Å². The van der Waals surface area contributed by atoms with E-state index in [1.807, 2.05) is 13.8 Å². The van der Waals surface area contributed by atoms with Crippen molar-refractivity contribution in [3.8, 4) is 0 Å². The number of carboxylic acid groups (broad SMARTS) is 1. The summed E-state index contributed by atoms with van der Waals surface area (Å²) in [4.78, 5) is 16.6. The van der Waals surface area contributed by atoms with Gasteiger partial charge in [0.1, 0.15) is 12.2 Å². The molecule has 0 atom stereocenters. The zero-order valence-electron chi connectivity index (χ0n) is 10.2. The maximum atomic E-state index is 10.7. The molecule has 0 saturated carbocycles. The average molecular weight is 238 g/mol. The highest BCUT2D eigenvalue weighted by atomic mass is 16.4. The van der Waals surface area contributed by atoms with E-state index >= 15 is 0 Å². The molecule has 0 fully saturated rings. The molecular weight excluding hydrogens is 220 g/mol. The standard InChI is InChI=1S/C11H18N4O2/c1-4-5-14(7-11(16)17)6-10-12-8-13-15(10)9(2)3/h4,8-9H,1,5-7H2,2-3H3,(H,16,17). The highest BCUT2D eigenvalue weighted by Crippen LogP contribution is 2.07. The van der Waals surface area contributed by atoms with Crippen molar-refractivity contribution in [2.45, 2.75) is 26.4 Å². The third-order valence-electron chi connectivity index (χ3n) is 2.25. The highest BCUT2D eigenvalue weighted by molar-refractivity contribution is 5.69. The second kappa shape index (κ2) is 6.15. The molecule has 94 valence electrons. The summed E-state index contributed by atoms with van der Waals surface area (Å²) in [6, 6.07) is 0.211. The molecule has 0 amide bonds. The van der Waals surface area contributed by atoms with Crippen LogP contribution < -0.4 is 0 Å². The molecule has 1 rings (SSSR count). The smallest absolute Gasteiger partial charge is 0.317 e. The van der Waals surface area contributed by atoms with Crippen LogP contribution in [0, 0.1) is 0 Å². The number of nitrogens with zero attached hydrogens (tertiary/aromatic N) is 4. The van der Waals surface area contributed by atoms with E-state index in [0.717, 1.165) is 5.82 Å². The molecule has 0 spiro atoms. The van der Waals surface area contributed by atoms with Gasteiger partial charge in [-0.3, -0.25) is 9.69 Å². The van der Waals surface area contributed by atoms with Gasteiger partial charge < -0.3 is 5.11 Å². The molecule has 1 heterocycles. The van der Waals surface area contributed by atoms with Crippen molar-refractivity contribution in [2.24, 2.45) is 0 Å². The summed E-state index contributed by atoms with van der Waals surface area (Å²) in [5.74, 6) is -0.0921. The Kier molecular flexibility index (Phi) is 4.84. The first-order valence-corrected chi connectivity index (χ1v) is 5.48. The predicted molar refractivity (Wildman–Crippen MR) is 63.5 cm³/mol. The van der Waals surface area contributed by atoms with E-state index in [2.05, 4.69) is 16.7 Å². The van der Waals surface area contributed by atoms with E-state index < -0.39 is 5.97 Å². The Bertz CT molecular complexity index is 387. The Morgan fingerprint density at radius 2 is 2.41 bits per heavy atom. The second-order valence-electron chi connectivity index (χ2n) is 4.07. The monoisotopic (exact) mass is 238 g/mol. The van der Waals surface area contributed by atoms with Gasteiger partial charge in [-0.25, -0.2) is 9.67 Å². The van der Waals surface area contributed by atoms with E-state index in [-0.39, 0.29) is 12.6 Å². The number of carboxylic acids is 1. The van der Waals surface area contributed by atoms with Crippen LogP contribution in [0.3, 0.4) is 0 Å². The molecule has 6 heteroatoms. The van der Waals surface area contributed by atoms with Gasteiger partial charge in [-0.1, -0.05) is 6.08 Å². The predicted octanol–water partition coefficient (Wildman–Crippen LogP) is 0.932. The Morgan fingerprint density at radius 1 is 1.71 bits per heavy atom. The van der Waals surface area contributed by atoms with Gasteiger partial charge in [0, 0.05) is 12.6 Å². The molecule has 0 unspecified atom stereocenters. The SMILES string of the molecule is C=CCN(CC(=O)O)Cc1ncnn1C(C)C. The fourth-order valence-electron chi connectivity index (χ4n) is 1.58. The third kappa shape index (κ3) is 3.99. The van der Waals surface area contributed by atoms with Crippen molar-refractivity contribution in [3.05, 3.63) is 24.8 Å². The Balaban J connectivity index is 2.74. The molecule has 0 bridgehead atoms. The van der Waals surface area contributed by atoms with Crippen molar-refractivity contribution < 1.29 is 9.90 Å². The van der Waals surface area contributed by atoms with Gasteiger partial charge in [0.25, 0.3) is 0 Å². The first kappa shape index (κ1) is 13.4. The fourth-order valence-corrected chi connectivity index (χ4v) is 1.58. The lowest BCUT2D eigenvalue weighted by molar-refractivity contribution is -0.138. The summed E-state index contributed by atoms with van der Waals surface area (Å²) in [6.45, 7) is 8.57. The van der Waals surface area contributed by atoms with Gasteiger partial charge in [0.2, 0.25) is 0 Å². The summed E-state index contributed by atoms with van der Waals surface area (Å²) >= 11 is 0. The number of aliphatic carboxylic acids is 1. The van der Waals surface area contributed by atoms with Crippen LogP contribution >= 0.6 is 0 Å². The van der Waals surface area contributed by atoms with Crippen LogP contribution in [0.5, 0.6) is 0 Å². The Hall–Kier alpha value is -1.69. The van der Waals surface area contributed by atoms with E-state index in [9.17, 15) is 4.79 Å². The Morgan fingerprint density at radius 3 is 2.94 bits per heavy atom. The minimum atomic E-state index is -0.859. The maximum absolute atomic E-state index is 10.7. The molecular formula is C11H18N4O2. The summed E-state index contributed by atoms with van der Waals surface area (Å²) in [7, 11) is 0. The zero-order chi connectivity index (χ0) is 12.8. The van der Waals surface area contributed by atoms with Crippen molar-refractivity contribution in [2.75, 3.05) is 13.1 Å². The number of carbonyl (C=O) groups is 1. The number of hydrogen-bond donors (Lipinski definition) is 1. The molecule has 6 nitrogen and oxygen atoms in total. The zero-order valence-corrected chi connectivity index (χ0v) is 10.2. The van der Waals surface area contributed by atoms with Crippen LogP contribution in [0.25, 0.3) is 0 Å². The maximum Gasteiger partial charge on any atom is 0.317 e. The topological polar surface area (TPSA) is 71.2 Å². The third-order valence-corrected chi connectivity index (χ3v) is 2.25. The quantitative estimate of drug-likeness (QED) is 0.715. The molecule has 0 saturated heterocycles. The van der Waals surface area contributed by atoms with E-state index in [4.69, 9.17) is 5.11 Å². The van der Waals surface area contributed by atoms with Crippen molar-refractivity contribution in [3.63, 3.8) is 0 Å². The van der Waals surface area contributed by atoms with Crippen LogP contribution in [-0.2, 0) is 11.3 Å². The Labute approximate surface area is 101 Å². The first-order valence-electron chi connectivity index (χ1n) is 5.48. The lowest BCUT2D eigenvalue weighted by atomic mass is 10.3. The van der Waals surface area contributed by atoms with Crippen LogP contribution in [-0.4, -0.2) is 43.8 Å². The van der Waals surface area contributed by atoms with Gasteiger partial charge in [-0.2, -0.15) is 5.10 Å². The van der Waals surface area contributed by atoms with Gasteiger partial charge in [-0.15, -0.1) is 6.58 Å². The number of rotatable bonds is 7. The minimum Gasteiger partial charge on any atom is -0.480 e.